The molecular weight excluding hydrogens is 458 g/mol. The van der Waals surface area contributed by atoms with Gasteiger partial charge in [0.1, 0.15) is 10.6 Å². The topological polar surface area (TPSA) is 133 Å². The molecule has 1 amide bonds. The van der Waals surface area contributed by atoms with E-state index in [4.69, 9.17) is 10.5 Å². The van der Waals surface area contributed by atoms with Gasteiger partial charge in [0, 0.05) is 25.1 Å². The lowest BCUT2D eigenvalue weighted by atomic mass is 9.83. The fraction of sp³-hybridized carbons (Fsp3) is 0.708. The zero-order chi connectivity index (χ0) is 24.7. The van der Waals surface area contributed by atoms with Gasteiger partial charge in [-0.2, -0.15) is 0 Å². The van der Waals surface area contributed by atoms with Crippen molar-refractivity contribution in [3.05, 3.63) is 23.3 Å². The number of amides is 1. The number of sulfone groups is 1. The van der Waals surface area contributed by atoms with Crippen LogP contribution in [0.1, 0.15) is 56.8 Å². The van der Waals surface area contributed by atoms with Crippen molar-refractivity contribution >= 4 is 15.7 Å². The highest BCUT2D eigenvalue weighted by molar-refractivity contribution is 7.94. The number of hydrogen-bond acceptors (Lipinski definition) is 8. The largest absolute Gasteiger partial charge is 0.504 e. The number of unbranched alkanes of at least 4 members (excludes halogenated alkanes) is 1. The summed E-state index contributed by atoms with van der Waals surface area (Å²) < 4.78 is 29.3. The minimum Gasteiger partial charge on any atom is -0.504 e. The number of phenols is 2. The predicted octanol–water partition coefficient (Wildman–Crippen LogP) is 1.52. The number of phenolic OH excluding ortho intramolecular Hbond substituents is 2. The number of carbonyl (C=O) groups is 1. The molecule has 0 bridgehead atoms. The summed E-state index contributed by atoms with van der Waals surface area (Å²) in [5, 5.41) is 20.3. The maximum atomic E-state index is 12.4. The molecule has 10 heteroatoms. The van der Waals surface area contributed by atoms with E-state index in [0.717, 1.165) is 56.4 Å². The Kier molecular flexibility index (Phi) is 7.15. The van der Waals surface area contributed by atoms with Crippen LogP contribution < -0.4 is 5.73 Å². The lowest BCUT2D eigenvalue weighted by Gasteiger charge is -2.40. The summed E-state index contributed by atoms with van der Waals surface area (Å²) in [6.45, 7) is 6.59. The molecule has 2 fully saturated rings. The van der Waals surface area contributed by atoms with E-state index in [1.54, 1.807) is 6.07 Å². The van der Waals surface area contributed by atoms with Crippen LogP contribution in [0.15, 0.2) is 12.1 Å². The highest BCUT2D eigenvalue weighted by Crippen LogP contribution is 2.42. The molecule has 0 radical (unpaired) electrons. The third-order valence-corrected chi connectivity index (χ3v) is 10.2. The van der Waals surface area contributed by atoms with Crippen LogP contribution in [0.3, 0.4) is 0 Å². The van der Waals surface area contributed by atoms with Crippen molar-refractivity contribution in [1.82, 2.24) is 9.80 Å². The molecule has 2 saturated heterocycles. The Hall–Kier alpha value is -1.88. The number of rotatable bonds is 7. The average Bonchev–Trinajstić information content (AvgIpc) is 2.97. The molecule has 3 aliphatic heterocycles. The Balaban J connectivity index is 1.24. The molecule has 0 aromatic heterocycles. The van der Waals surface area contributed by atoms with Gasteiger partial charge in [0.25, 0.3) is 0 Å². The molecule has 34 heavy (non-hydrogen) atoms. The van der Waals surface area contributed by atoms with E-state index < -0.39 is 14.6 Å². The van der Waals surface area contributed by atoms with Gasteiger partial charge in [-0.15, -0.1) is 0 Å². The highest BCUT2D eigenvalue weighted by Gasteiger charge is 2.51. The molecule has 4 rings (SSSR count). The van der Waals surface area contributed by atoms with Crippen LogP contribution in [0, 0.1) is 5.92 Å². The number of benzene rings is 1. The fourth-order valence-electron chi connectivity index (χ4n) is 5.44. The molecule has 3 heterocycles. The van der Waals surface area contributed by atoms with Gasteiger partial charge >= 0.3 is 0 Å². The molecule has 4 N–H and O–H groups in total. The maximum absolute atomic E-state index is 12.4. The van der Waals surface area contributed by atoms with Crippen molar-refractivity contribution in [2.45, 2.75) is 62.9 Å². The molecule has 1 aromatic rings. The predicted molar refractivity (Wildman–Crippen MR) is 128 cm³/mol. The molecule has 0 spiro atoms. The average molecular weight is 496 g/mol. The first-order valence-corrected chi connectivity index (χ1v) is 13.8. The third kappa shape index (κ3) is 4.65. The lowest BCUT2D eigenvalue weighted by Crippen LogP contribution is -2.42. The minimum absolute atomic E-state index is 0.0395. The van der Waals surface area contributed by atoms with Crippen molar-refractivity contribution in [3.8, 4) is 11.5 Å². The van der Waals surface area contributed by atoms with Crippen molar-refractivity contribution in [2.24, 2.45) is 11.7 Å². The van der Waals surface area contributed by atoms with E-state index in [9.17, 15) is 23.4 Å². The smallest absolute Gasteiger partial charge is 0.244 e. The number of nitrogens with two attached hydrogens (primary N) is 1. The Morgan fingerprint density at radius 1 is 1.15 bits per heavy atom. The number of hydrogen-bond donors (Lipinski definition) is 3. The third-order valence-electron chi connectivity index (χ3n) is 7.82. The second-order valence-electron chi connectivity index (χ2n) is 10.3. The van der Waals surface area contributed by atoms with Gasteiger partial charge in [-0.25, -0.2) is 8.42 Å². The van der Waals surface area contributed by atoms with Gasteiger partial charge in [0.15, 0.2) is 21.3 Å². The van der Waals surface area contributed by atoms with Gasteiger partial charge in [-0.05, 0) is 76.7 Å². The number of likely N-dealkylation sites (tertiary alicyclic amines) is 1. The van der Waals surface area contributed by atoms with Crippen LogP contribution >= 0.6 is 0 Å². The molecule has 2 atom stereocenters. The van der Waals surface area contributed by atoms with Crippen molar-refractivity contribution < 1.29 is 28.2 Å². The summed E-state index contributed by atoms with van der Waals surface area (Å²) in [5.74, 6) is -0.283. The number of fused-ring (bicyclic) bond motifs is 1. The van der Waals surface area contributed by atoms with E-state index in [-0.39, 0.29) is 35.5 Å². The second-order valence-corrected chi connectivity index (χ2v) is 12.8. The lowest BCUT2D eigenvalue weighted by molar-refractivity contribution is -0.130. The standard InChI is InChI=1S/C24H37N3O6S/c1-24(2)23(30)27(15-34(24,31)32)10-4-3-9-26-11-7-16(8-12-26)20-13-18-17(21(14-25)33-20)5-6-19(28)22(18)29/h5-6,16,20-21,28-29H,3-4,7-15,25H2,1-2H3. The van der Waals surface area contributed by atoms with Gasteiger partial charge < -0.3 is 30.5 Å². The molecule has 9 nitrogen and oxygen atoms in total. The van der Waals surface area contributed by atoms with Crippen LogP contribution in [-0.2, 0) is 25.8 Å². The second kappa shape index (κ2) is 9.64. The van der Waals surface area contributed by atoms with Gasteiger partial charge in [-0.1, -0.05) is 6.07 Å². The molecule has 0 saturated carbocycles. The van der Waals surface area contributed by atoms with Gasteiger partial charge in [0.2, 0.25) is 5.91 Å². The van der Waals surface area contributed by atoms with E-state index >= 15 is 0 Å². The highest BCUT2D eigenvalue weighted by atomic mass is 32.2. The number of carbonyl (C=O) groups excluding carboxylic acids is 1. The first kappa shape index (κ1) is 25.2. The molecule has 190 valence electrons. The summed E-state index contributed by atoms with van der Waals surface area (Å²) in [4.78, 5) is 16.3. The Labute approximate surface area is 201 Å². The van der Waals surface area contributed by atoms with E-state index in [0.29, 0.717) is 25.4 Å². The summed E-state index contributed by atoms with van der Waals surface area (Å²) in [6, 6.07) is 3.27. The normalized spacial score (nSPS) is 27.1. The monoisotopic (exact) mass is 495 g/mol. The van der Waals surface area contributed by atoms with Crippen LogP contribution in [0.4, 0.5) is 0 Å². The molecular formula is C24H37N3O6S. The first-order valence-electron chi connectivity index (χ1n) is 12.2. The van der Waals surface area contributed by atoms with Crippen LogP contribution in [0.25, 0.3) is 0 Å². The minimum atomic E-state index is -3.41. The number of nitrogens with zero attached hydrogens (tertiary/aromatic N) is 2. The van der Waals surface area contributed by atoms with E-state index in [2.05, 4.69) is 4.90 Å². The Bertz CT molecular complexity index is 1020. The first-order chi connectivity index (χ1) is 16.0. The van der Waals surface area contributed by atoms with Crippen LogP contribution in [0.5, 0.6) is 11.5 Å². The zero-order valence-electron chi connectivity index (χ0n) is 20.1. The van der Waals surface area contributed by atoms with Crippen molar-refractivity contribution in [3.63, 3.8) is 0 Å². The molecule has 1 aromatic carbocycles. The molecule has 3 aliphatic rings. The Morgan fingerprint density at radius 3 is 2.44 bits per heavy atom. The molecule has 2 unspecified atom stereocenters. The van der Waals surface area contributed by atoms with E-state index in [1.807, 2.05) is 0 Å². The Morgan fingerprint density at radius 2 is 1.82 bits per heavy atom. The number of piperidine rings is 1. The SMILES string of the molecule is CC1(C)C(=O)N(CCCCN2CCC(C3Cc4c(ccc(O)c4O)C(CN)O3)CC2)CS1(=O)=O. The summed E-state index contributed by atoms with van der Waals surface area (Å²) in [6.07, 6.45) is 3.90. The fourth-order valence-corrected chi connectivity index (χ4v) is 6.82. The van der Waals surface area contributed by atoms with Crippen LogP contribution in [0.2, 0.25) is 0 Å². The summed E-state index contributed by atoms with van der Waals surface area (Å²) in [5.41, 5.74) is 7.54. The van der Waals surface area contributed by atoms with Crippen molar-refractivity contribution in [1.29, 1.82) is 0 Å². The summed E-state index contributed by atoms with van der Waals surface area (Å²) in [7, 11) is -3.41. The summed E-state index contributed by atoms with van der Waals surface area (Å²) >= 11 is 0. The quantitative estimate of drug-likeness (QED) is 0.383. The number of aromatic hydroxyl groups is 2. The van der Waals surface area contributed by atoms with E-state index in [1.165, 1.54) is 24.8 Å². The van der Waals surface area contributed by atoms with Gasteiger partial charge in [-0.3, -0.25) is 4.79 Å². The number of ether oxygens (including phenoxy) is 1. The van der Waals surface area contributed by atoms with Gasteiger partial charge in [0.05, 0.1) is 12.2 Å². The molecule has 0 aliphatic carbocycles. The maximum Gasteiger partial charge on any atom is 0.244 e. The van der Waals surface area contributed by atoms with Crippen LogP contribution in [-0.4, -0.2) is 83.8 Å². The zero-order valence-corrected chi connectivity index (χ0v) is 20.9. The van der Waals surface area contributed by atoms with Crippen molar-refractivity contribution in [2.75, 3.05) is 38.6 Å².